The SMILES string of the molecule is COCCN1C(=O)C(=O)/C(=C(\O)c2ccccc2OC)C1c1cccc(OCc2ccc(C)cc2)c1. The molecule has 36 heavy (non-hydrogen) atoms. The summed E-state index contributed by atoms with van der Waals surface area (Å²) in [4.78, 5) is 27.6. The Morgan fingerprint density at radius 1 is 0.972 bits per heavy atom. The lowest BCUT2D eigenvalue weighted by Gasteiger charge is -2.25. The summed E-state index contributed by atoms with van der Waals surface area (Å²) in [6.45, 7) is 2.82. The number of hydrogen-bond acceptors (Lipinski definition) is 6. The van der Waals surface area contributed by atoms with Crippen LogP contribution in [0.3, 0.4) is 0 Å². The lowest BCUT2D eigenvalue weighted by molar-refractivity contribution is -0.140. The number of rotatable bonds is 9. The van der Waals surface area contributed by atoms with Crippen molar-refractivity contribution >= 4 is 17.4 Å². The predicted octanol–water partition coefficient (Wildman–Crippen LogP) is 4.65. The quantitative estimate of drug-likeness (QED) is 0.269. The fraction of sp³-hybridized carbons (Fsp3) is 0.241. The van der Waals surface area contributed by atoms with Crippen LogP contribution in [-0.2, 0) is 20.9 Å². The Bertz CT molecular complexity index is 1280. The maximum Gasteiger partial charge on any atom is 0.295 e. The van der Waals surface area contributed by atoms with Crippen molar-refractivity contribution in [3.05, 3.63) is 101 Å². The van der Waals surface area contributed by atoms with Gasteiger partial charge in [0.05, 0.1) is 30.9 Å². The van der Waals surface area contributed by atoms with Crippen LogP contribution in [0.1, 0.15) is 28.3 Å². The maximum atomic E-state index is 13.2. The first-order chi connectivity index (χ1) is 17.4. The van der Waals surface area contributed by atoms with Gasteiger partial charge in [0.25, 0.3) is 11.7 Å². The van der Waals surface area contributed by atoms with E-state index < -0.39 is 17.7 Å². The summed E-state index contributed by atoms with van der Waals surface area (Å²) in [6.07, 6.45) is 0. The van der Waals surface area contributed by atoms with Crippen LogP contribution < -0.4 is 9.47 Å². The molecule has 4 rings (SSSR count). The van der Waals surface area contributed by atoms with E-state index in [2.05, 4.69) is 0 Å². The van der Waals surface area contributed by atoms with Gasteiger partial charge in [0, 0.05) is 13.7 Å². The zero-order valence-corrected chi connectivity index (χ0v) is 20.6. The molecule has 0 bridgehead atoms. The van der Waals surface area contributed by atoms with E-state index in [0.29, 0.717) is 29.2 Å². The molecule has 1 amide bonds. The van der Waals surface area contributed by atoms with E-state index in [4.69, 9.17) is 14.2 Å². The number of carbonyl (C=O) groups is 2. The number of ether oxygens (including phenoxy) is 3. The third-order valence-corrected chi connectivity index (χ3v) is 6.14. The molecule has 3 aromatic carbocycles. The zero-order chi connectivity index (χ0) is 25.7. The molecule has 1 unspecified atom stereocenters. The van der Waals surface area contributed by atoms with Crippen molar-refractivity contribution in [2.75, 3.05) is 27.4 Å². The molecular weight excluding hydrogens is 458 g/mol. The highest BCUT2D eigenvalue weighted by atomic mass is 16.5. The van der Waals surface area contributed by atoms with E-state index in [1.165, 1.54) is 24.7 Å². The number of aryl methyl sites for hydroxylation is 1. The van der Waals surface area contributed by atoms with Crippen LogP contribution in [0.5, 0.6) is 11.5 Å². The van der Waals surface area contributed by atoms with E-state index in [0.717, 1.165) is 5.56 Å². The number of para-hydroxylation sites is 1. The van der Waals surface area contributed by atoms with Crippen molar-refractivity contribution in [3.8, 4) is 11.5 Å². The second-order valence-corrected chi connectivity index (χ2v) is 8.53. The van der Waals surface area contributed by atoms with E-state index in [9.17, 15) is 14.7 Å². The average Bonchev–Trinajstić information content (AvgIpc) is 3.16. The lowest BCUT2D eigenvalue weighted by atomic mass is 9.95. The van der Waals surface area contributed by atoms with Gasteiger partial charge in [-0.2, -0.15) is 0 Å². The molecule has 0 aliphatic carbocycles. The average molecular weight is 488 g/mol. The summed E-state index contributed by atoms with van der Waals surface area (Å²) >= 11 is 0. The van der Waals surface area contributed by atoms with E-state index in [1.54, 1.807) is 36.4 Å². The summed E-state index contributed by atoms with van der Waals surface area (Å²) < 4.78 is 16.6. The molecule has 7 nitrogen and oxygen atoms in total. The van der Waals surface area contributed by atoms with E-state index >= 15 is 0 Å². The van der Waals surface area contributed by atoms with Gasteiger partial charge in [0.2, 0.25) is 0 Å². The van der Waals surface area contributed by atoms with Crippen molar-refractivity contribution < 1.29 is 28.9 Å². The second-order valence-electron chi connectivity index (χ2n) is 8.53. The van der Waals surface area contributed by atoms with Gasteiger partial charge in [-0.3, -0.25) is 9.59 Å². The van der Waals surface area contributed by atoms with Gasteiger partial charge in [0.15, 0.2) is 0 Å². The molecular formula is C29H29NO6. The number of likely N-dealkylation sites (tertiary alicyclic amines) is 1. The molecule has 7 heteroatoms. The maximum absolute atomic E-state index is 13.2. The third kappa shape index (κ3) is 5.11. The summed E-state index contributed by atoms with van der Waals surface area (Å²) in [5.74, 6) is -0.763. The van der Waals surface area contributed by atoms with Gasteiger partial charge in [0.1, 0.15) is 23.9 Å². The molecule has 186 valence electrons. The normalized spacial score (nSPS) is 16.9. The number of amides is 1. The molecule has 3 aromatic rings. The first kappa shape index (κ1) is 25.0. The minimum absolute atomic E-state index is 0.00344. The minimum Gasteiger partial charge on any atom is -0.507 e. The summed E-state index contributed by atoms with van der Waals surface area (Å²) in [7, 11) is 3.01. The largest absolute Gasteiger partial charge is 0.507 e. The van der Waals surface area contributed by atoms with Crippen LogP contribution in [0.4, 0.5) is 0 Å². The zero-order valence-electron chi connectivity index (χ0n) is 20.6. The number of ketones is 1. The molecule has 1 atom stereocenters. The predicted molar refractivity (Wildman–Crippen MR) is 136 cm³/mol. The lowest BCUT2D eigenvalue weighted by Crippen LogP contribution is -2.32. The van der Waals surface area contributed by atoms with E-state index in [1.807, 2.05) is 43.3 Å². The van der Waals surface area contributed by atoms with Crippen molar-refractivity contribution in [2.24, 2.45) is 0 Å². The smallest absolute Gasteiger partial charge is 0.295 e. The molecule has 0 aromatic heterocycles. The fourth-order valence-corrected chi connectivity index (χ4v) is 4.26. The topological polar surface area (TPSA) is 85.3 Å². The Kier molecular flexibility index (Phi) is 7.71. The number of aliphatic hydroxyl groups excluding tert-OH is 1. The second kappa shape index (κ2) is 11.1. The number of carbonyl (C=O) groups excluding carboxylic acids is 2. The number of benzene rings is 3. The number of nitrogens with zero attached hydrogens (tertiary/aromatic N) is 1. The molecule has 0 spiro atoms. The Morgan fingerprint density at radius 2 is 1.72 bits per heavy atom. The van der Waals surface area contributed by atoms with Gasteiger partial charge in [-0.05, 0) is 42.3 Å². The molecule has 1 saturated heterocycles. The highest BCUT2D eigenvalue weighted by Gasteiger charge is 2.46. The number of Topliss-reactive ketones (excluding diaryl/α,β-unsaturated/α-hetero) is 1. The first-order valence-electron chi connectivity index (χ1n) is 11.6. The third-order valence-electron chi connectivity index (χ3n) is 6.14. The van der Waals surface area contributed by atoms with Crippen LogP contribution in [-0.4, -0.2) is 49.1 Å². The van der Waals surface area contributed by atoms with Crippen LogP contribution in [0.25, 0.3) is 5.76 Å². The Balaban J connectivity index is 1.74. The van der Waals surface area contributed by atoms with Crippen LogP contribution in [0, 0.1) is 6.92 Å². The number of hydrogen-bond donors (Lipinski definition) is 1. The van der Waals surface area contributed by atoms with Crippen molar-refractivity contribution in [3.63, 3.8) is 0 Å². The Morgan fingerprint density at radius 3 is 2.44 bits per heavy atom. The molecule has 0 radical (unpaired) electrons. The van der Waals surface area contributed by atoms with Gasteiger partial charge in [-0.15, -0.1) is 0 Å². The molecule has 0 saturated carbocycles. The first-order valence-corrected chi connectivity index (χ1v) is 11.6. The van der Waals surface area contributed by atoms with Crippen molar-refractivity contribution in [1.29, 1.82) is 0 Å². The standard InChI is InChI=1S/C29H29NO6/c1-19-11-13-20(14-12-19)18-36-22-8-6-7-21(17-22)26-25(28(32)29(33)30(26)15-16-34-2)27(31)23-9-4-5-10-24(23)35-3/h4-14,17,26,31H,15-16,18H2,1-3H3/b27-25-. The fourth-order valence-electron chi connectivity index (χ4n) is 4.26. The Hall–Kier alpha value is -4.10. The van der Waals surface area contributed by atoms with Gasteiger partial charge < -0.3 is 24.2 Å². The van der Waals surface area contributed by atoms with Crippen LogP contribution >= 0.6 is 0 Å². The van der Waals surface area contributed by atoms with E-state index in [-0.39, 0.29) is 24.5 Å². The van der Waals surface area contributed by atoms with Gasteiger partial charge >= 0.3 is 0 Å². The summed E-state index contributed by atoms with van der Waals surface area (Å²) in [5.41, 5.74) is 3.16. The van der Waals surface area contributed by atoms with Crippen molar-refractivity contribution in [2.45, 2.75) is 19.6 Å². The molecule has 1 aliphatic heterocycles. The highest BCUT2D eigenvalue weighted by Crippen LogP contribution is 2.41. The molecule has 1 N–H and O–H groups in total. The van der Waals surface area contributed by atoms with Crippen molar-refractivity contribution in [1.82, 2.24) is 4.90 Å². The van der Waals surface area contributed by atoms with Gasteiger partial charge in [-0.25, -0.2) is 0 Å². The van der Waals surface area contributed by atoms with Crippen LogP contribution in [0.2, 0.25) is 0 Å². The number of aliphatic hydroxyl groups is 1. The molecule has 1 aliphatic rings. The summed E-state index contributed by atoms with van der Waals surface area (Å²) in [6, 6.07) is 21.3. The van der Waals surface area contributed by atoms with Gasteiger partial charge in [-0.1, -0.05) is 54.1 Å². The summed E-state index contributed by atoms with van der Waals surface area (Å²) in [5, 5.41) is 11.3. The van der Waals surface area contributed by atoms with Crippen LogP contribution in [0.15, 0.2) is 78.4 Å². The minimum atomic E-state index is -0.812. The molecule has 1 fully saturated rings. The monoisotopic (exact) mass is 487 g/mol. The molecule has 1 heterocycles. The Labute approximate surface area is 210 Å². The highest BCUT2D eigenvalue weighted by molar-refractivity contribution is 6.46. The number of methoxy groups -OCH3 is 2.